The average Bonchev–Trinajstić information content (AvgIpc) is 3.63. The highest BCUT2D eigenvalue weighted by Gasteiger charge is 2.36. The van der Waals surface area contributed by atoms with E-state index in [2.05, 4.69) is 26.3 Å². The quantitative estimate of drug-likeness (QED) is 0.0393. The van der Waals surface area contributed by atoms with Crippen molar-refractivity contribution in [2.45, 2.75) is 57.2 Å². The van der Waals surface area contributed by atoms with Crippen molar-refractivity contribution in [3.05, 3.63) is 106 Å². The molecular weight excluding hydrogens is 676 g/mol. The number of nitrogens with two attached hydrogens (primary N) is 1. The van der Waals surface area contributed by atoms with Gasteiger partial charge in [0, 0.05) is 44.1 Å². The van der Waals surface area contributed by atoms with E-state index in [9.17, 15) is 39.2 Å². The van der Waals surface area contributed by atoms with Crippen LogP contribution in [0.2, 0.25) is 0 Å². The minimum atomic E-state index is -1.21. The van der Waals surface area contributed by atoms with Crippen molar-refractivity contribution in [3.63, 3.8) is 0 Å². The molecular formula is C35H42N8O9. The first-order chi connectivity index (χ1) is 24.8. The van der Waals surface area contributed by atoms with E-state index in [1.54, 1.807) is 24.3 Å². The molecule has 0 radical (unpaired) electrons. The molecule has 1 aliphatic rings. The zero-order chi connectivity index (χ0) is 38.0. The van der Waals surface area contributed by atoms with Gasteiger partial charge < -0.3 is 36.5 Å². The number of hydrogen-bond donors (Lipinski definition) is 7. The van der Waals surface area contributed by atoms with Gasteiger partial charge in [-0.05, 0) is 55.5 Å². The number of anilines is 1. The minimum absolute atomic E-state index is 0.0154. The summed E-state index contributed by atoms with van der Waals surface area (Å²) >= 11 is 0. The molecule has 52 heavy (non-hydrogen) atoms. The molecule has 17 heteroatoms. The molecule has 17 nitrogen and oxygen atoms in total. The second kappa shape index (κ2) is 20.2. The number of nitrogens with zero attached hydrogens (tertiary/aromatic N) is 2. The van der Waals surface area contributed by atoms with Crippen LogP contribution in [0.4, 0.5) is 11.4 Å². The monoisotopic (exact) mass is 718 g/mol. The Kier molecular flexibility index (Phi) is 15.5. The maximum atomic E-state index is 13.3. The van der Waals surface area contributed by atoms with Crippen molar-refractivity contribution >= 4 is 47.0 Å². The lowest BCUT2D eigenvalue weighted by molar-refractivity contribution is -0.384. The fourth-order valence-corrected chi connectivity index (χ4v) is 5.20. The van der Waals surface area contributed by atoms with Crippen LogP contribution in [0.15, 0.2) is 84.9 Å². The van der Waals surface area contributed by atoms with Crippen LogP contribution in [0.5, 0.6) is 0 Å². The number of carbonyl (C=O) groups excluding carboxylic acids is 4. The lowest BCUT2D eigenvalue weighted by Gasteiger charge is -2.27. The Morgan fingerprint density at radius 2 is 1.62 bits per heavy atom. The van der Waals surface area contributed by atoms with Gasteiger partial charge in [0.2, 0.25) is 11.8 Å². The van der Waals surface area contributed by atoms with Gasteiger partial charge in [0.15, 0.2) is 5.96 Å². The number of carbonyl (C=O) groups is 5. The Bertz CT molecular complexity index is 1690. The molecule has 0 bridgehead atoms. The molecule has 276 valence electrons. The minimum Gasteiger partial charge on any atom is -0.480 e. The summed E-state index contributed by atoms with van der Waals surface area (Å²) < 4.78 is 0. The summed E-state index contributed by atoms with van der Waals surface area (Å²) in [4.78, 5) is 77.6. The molecule has 0 spiro atoms. The summed E-state index contributed by atoms with van der Waals surface area (Å²) in [6.07, 6.45) is 1.73. The van der Waals surface area contributed by atoms with E-state index in [-0.39, 0.29) is 36.9 Å². The van der Waals surface area contributed by atoms with Gasteiger partial charge in [-0.15, -0.1) is 0 Å². The Balaban J connectivity index is 0.000000435. The number of nitrogens with one attached hydrogen (secondary N) is 5. The molecule has 3 aromatic carbocycles. The first-order valence-electron chi connectivity index (χ1n) is 16.3. The summed E-state index contributed by atoms with van der Waals surface area (Å²) in [5.74, 6) is -3.26. The van der Waals surface area contributed by atoms with E-state index in [0.29, 0.717) is 37.1 Å². The maximum Gasteiger partial charge on any atom is 0.329 e. The summed E-state index contributed by atoms with van der Waals surface area (Å²) in [5, 5.41) is 35.0. The SMILES string of the molecule is CC(=O)ONc1ccc([N+](=O)[O-])cc1.N=C(N)NCCC[C@H](NC(=O)[C@H](Cc1ccccc1)NC(=O)[C@@H]1CCCN1C(=O)c1ccccc1)C(=O)O. The molecule has 8 N–H and O–H groups in total. The van der Waals surface area contributed by atoms with Crippen LogP contribution in [0.1, 0.15) is 48.5 Å². The molecule has 3 amide bonds. The molecule has 0 aromatic heterocycles. The normalized spacial score (nSPS) is 14.3. The lowest BCUT2D eigenvalue weighted by atomic mass is 10.0. The van der Waals surface area contributed by atoms with Gasteiger partial charge in [-0.1, -0.05) is 48.5 Å². The van der Waals surface area contributed by atoms with E-state index >= 15 is 0 Å². The first-order valence-corrected chi connectivity index (χ1v) is 16.3. The zero-order valence-corrected chi connectivity index (χ0v) is 28.4. The van der Waals surface area contributed by atoms with Crippen molar-refractivity contribution in [3.8, 4) is 0 Å². The fraction of sp³-hybridized carbons (Fsp3) is 0.314. The van der Waals surface area contributed by atoms with E-state index in [1.165, 1.54) is 36.1 Å². The van der Waals surface area contributed by atoms with Gasteiger partial charge in [-0.2, -0.15) is 0 Å². The average molecular weight is 719 g/mol. The summed E-state index contributed by atoms with van der Waals surface area (Å²) in [6.45, 7) is 1.96. The molecule has 0 saturated carbocycles. The lowest BCUT2D eigenvalue weighted by Crippen LogP contribution is -2.56. The topological polar surface area (TPSA) is 259 Å². The number of aliphatic carboxylic acids is 1. The number of non-ortho nitro benzene ring substituents is 1. The van der Waals surface area contributed by atoms with Crippen molar-refractivity contribution in [2.75, 3.05) is 18.6 Å². The molecule has 3 aromatic rings. The van der Waals surface area contributed by atoms with Gasteiger partial charge >= 0.3 is 11.9 Å². The molecule has 1 aliphatic heterocycles. The van der Waals surface area contributed by atoms with Gasteiger partial charge in [0.1, 0.15) is 18.1 Å². The number of nitro groups is 1. The number of likely N-dealkylation sites (tertiary alicyclic amines) is 1. The predicted molar refractivity (Wildman–Crippen MR) is 190 cm³/mol. The Labute approximate surface area is 299 Å². The third-order valence-electron chi connectivity index (χ3n) is 7.74. The van der Waals surface area contributed by atoms with Gasteiger partial charge in [0.05, 0.1) is 10.6 Å². The van der Waals surface area contributed by atoms with Crippen LogP contribution in [0.3, 0.4) is 0 Å². The highest BCUT2D eigenvalue weighted by Crippen LogP contribution is 2.21. The van der Waals surface area contributed by atoms with Crippen LogP contribution < -0.4 is 27.2 Å². The number of hydrogen-bond acceptors (Lipinski definition) is 10. The number of benzene rings is 3. The molecule has 1 heterocycles. The second-order valence-electron chi connectivity index (χ2n) is 11.7. The molecule has 0 unspecified atom stereocenters. The predicted octanol–water partition coefficient (Wildman–Crippen LogP) is 2.34. The van der Waals surface area contributed by atoms with Crippen LogP contribution in [0, 0.1) is 15.5 Å². The van der Waals surface area contributed by atoms with Gasteiger partial charge in [-0.25, -0.2) is 10.3 Å². The largest absolute Gasteiger partial charge is 0.480 e. The van der Waals surface area contributed by atoms with Crippen molar-refractivity contribution in [1.29, 1.82) is 5.41 Å². The third kappa shape index (κ3) is 13.1. The standard InChI is InChI=1S/C27H34N6O5.C8H8N2O4/c28-27(29)30-15-7-13-20(26(37)38)31-23(34)21(17-18-9-3-1-4-10-18)32-24(35)22-14-8-16-33(22)25(36)19-11-5-2-6-12-19;1-6(11)14-9-7-2-4-8(5-3-7)10(12)13/h1-6,9-12,20-22H,7-8,13-17H2,(H,31,34)(H,32,35)(H,37,38)(H4,28,29,30);2-5,9H,1H3/t20-,21-,22-;/m0./s1. The van der Waals surface area contributed by atoms with Gasteiger partial charge in [-0.3, -0.25) is 34.7 Å². The van der Waals surface area contributed by atoms with Crippen molar-refractivity contribution in [2.24, 2.45) is 5.73 Å². The van der Waals surface area contributed by atoms with E-state index in [1.807, 2.05) is 36.4 Å². The van der Waals surface area contributed by atoms with Gasteiger partial charge in [0.25, 0.3) is 11.6 Å². The Morgan fingerprint density at radius 1 is 0.981 bits per heavy atom. The summed E-state index contributed by atoms with van der Waals surface area (Å²) in [5.41, 5.74) is 9.31. The Morgan fingerprint density at radius 3 is 2.19 bits per heavy atom. The van der Waals surface area contributed by atoms with Crippen molar-refractivity contribution in [1.82, 2.24) is 20.9 Å². The number of guanidine groups is 1. The highest BCUT2D eigenvalue weighted by atomic mass is 16.7. The first kappa shape index (κ1) is 39.9. The molecule has 0 aliphatic carbocycles. The summed E-state index contributed by atoms with van der Waals surface area (Å²) in [6, 6.07) is 20.3. The third-order valence-corrected chi connectivity index (χ3v) is 7.74. The smallest absolute Gasteiger partial charge is 0.329 e. The van der Waals surface area contributed by atoms with Crippen molar-refractivity contribution < 1.29 is 38.8 Å². The molecule has 4 rings (SSSR count). The zero-order valence-electron chi connectivity index (χ0n) is 28.4. The molecule has 3 atom stereocenters. The van der Waals surface area contributed by atoms with E-state index in [0.717, 1.165) is 5.56 Å². The van der Waals surface area contributed by atoms with Crippen LogP contribution in [-0.4, -0.2) is 81.8 Å². The molecule has 1 saturated heterocycles. The number of carboxylic acids is 1. The number of nitro benzene ring substituents is 1. The number of carboxylic acid groups (broad SMARTS) is 1. The van der Waals surface area contributed by atoms with Crippen LogP contribution in [-0.2, 0) is 30.4 Å². The summed E-state index contributed by atoms with van der Waals surface area (Å²) in [7, 11) is 0. The van der Waals surface area contributed by atoms with Crippen LogP contribution >= 0.6 is 0 Å². The highest BCUT2D eigenvalue weighted by molar-refractivity contribution is 5.99. The maximum absolute atomic E-state index is 13.3. The molecule has 1 fully saturated rings. The van der Waals surface area contributed by atoms with E-state index < -0.39 is 46.8 Å². The number of amides is 3. The second-order valence-corrected chi connectivity index (χ2v) is 11.7. The fourth-order valence-electron chi connectivity index (χ4n) is 5.20. The van der Waals surface area contributed by atoms with Crippen LogP contribution in [0.25, 0.3) is 0 Å². The van der Waals surface area contributed by atoms with E-state index in [4.69, 9.17) is 11.1 Å². The number of rotatable bonds is 15. The Hall–Kier alpha value is -6.52.